The molecule has 0 aliphatic heterocycles. The summed E-state index contributed by atoms with van der Waals surface area (Å²) in [6.45, 7) is 3.89. The summed E-state index contributed by atoms with van der Waals surface area (Å²) >= 11 is 0. The van der Waals surface area contributed by atoms with E-state index in [1.165, 1.54) is 12.1 Å². The van der Waals surface area contributed by atoms with Gasteiger partial charge in [-0.3, -0.25) is 10.1 Å². The molecule has 0 aromatic carbocycles. The molecule has 15 heavy (non-hydrogen) atoms. The van der Waals surface area contributed by atoms with E-state index in [0.717, 1.165) is 0 Å². The van der Waals surface area contributed by atoms with Crippen LogP contribution in [0.15, 0.2) is 24.8 Å². The third kappa shape index (κ3) is 3.26. The van der Waals surface area contributed by atoms with Crippen LogP contribution in [0.1, 0.15) is 6.42 Å². The van der Waals surface area contributed by atoms with E-state index in [9.17, 15) is 10.1 Å². The summed E-state index contributed by atoms with van der Waals surface area (Å²) in [5.74, 6) is 0.223. The summed E-state index contributed by atoms with van der Waals surface area (Å²) in [5, 5.41) is 10.5. The fourth-order valence-corrected chi connectivity index (χ4v) is 0.938. The maximum absolute atomic E-state index is 10.5. The Kier molecular flexibility index (Phi) is 3.61. The van der Waals surface area contributed by atoms with Crippen LogP contribution in [0, 0.1) is 10.1 Å². The summed E-state index contributed by atoms with van der Waals surface area (Å²) in [5.41, 5.74) is 5.26. The first-order chi connectivity index (χ1) is 7.13. The molecule has 2 N–H and O–H groups in total. The van der Waals surface area contributed by atoms with Gasteiger partial charge in [-0.2, -0.15) is 4.98 Å². The molecule has 1 heterocycles. The molecule has 1 rings (SSSR count). The van der Waals surface area contributed by atoms with Gasteiger partial charge in [-0.1, -0.05) is 6.08 Å². The van der Waals surface area contributed by atoms with Crippen molar-refractivity contribution in [3.05, 3.63) is 34.9 Å². The van der Waals surface area contributed by atoms with Gasteiger partial charge in [0.05, 0.1) is 23.7 Å². The second-order valence-corrected chi connectivity index (χ2v) is 2.77. The molecule has 0 fully saturated rings. The zero-order valence-electron chi connectivity index (χ0n) is 8.05. The lowest BCUT2D eigenvalue weighted by Gasteiger charge is -2.03. The number of pyridine rings is 1. The predicted octanol–water partition coefficient (Wildman–Crippen LogP) is 1.53. The third-order valence-corrected chi connectivity index (χ3v) is 1.59. The minimum Gasteiger partial charge on any atom is -0.477 e. The van der Waals surface area contributed by atoms with Crippen LogP contribution in [0.3, 0.4) is 0 Å². The molecule has 6 nitrogen and oxygen atoms in total. The van der Waals surface area contributed by atoms with Crippen LogP contribution >= 0.6 is 0 Å². The number of nitro groups is 1. The van der Waals surface area contributed by atoms with Crippen molar-refractivity contribution in [2.24, 2.45) is 0 Å². The molecular formula is C9H11N3O3. The van der Waals surface area contributed by atoms with Crippen LogP contribution < -0.4 is 10.5 Å². The minimum absolute atomic E-state index is 0.0674. The molecule has 0 aliphatic rings. The van der Waals surface area contributed by atoms with Crippen molar-refractivity contribution in [1.82, 2.24) is 4.98 Å². The molecule has 0 saturated carbocycles. The van der Waals surface area contributed by atoms with E-state index >= 15 is 0 Å². The molecule has 0 bridgehead atoms. The standard InChI is InChI=1S/C9H11N3O3/c1-2-3-4-15-9-6-7(12(13)14)5-8(10)11-9/h2,5-6H,1,3-4H2,(H2,10,11). The number of aromatic nitrogens is 1. The number of hydrogen-bond acceptors (Lipinski definition) is 5. The number of nitrogens with two attached hydrogens (primary N) is 1. The van der Waals surface area contributed by atoms with Crippen LogP contribution in [0.4, 0.5) is 11.5 Å². The Morgan fingerprint density at radius 2 is 2.40 bits per heavy atom. The molecule has 0 aliphatic carbocycles. The van der Waals surface area contributed by atoms with Crippen LogP contribution in [-0.2, 0) is 0 Å². The molecule has 0 radical (unpaired) electrons. The Balaban J connectivity index is 2.79. The predicted molar refractivity (Wildman–Crippen MR) is 55.6 cm³/mol. The molecule has 1 aromatic heterocycles. The van der Waals surface area contributed by atoms with Gasteiger partial charge in [0.1, 0.15) is 5.82 Å². The molecule has 1 aromatic rings. The second-order valence-electron chi connectivity index (χ2n) is 2.77. The average Bonchev–Trinajstić information content (AvgIpc) is 2.17. The summed E-state index contributed by atoms with van der Waals surface area (Å²) < 4.78 is 5.15. The van der Waals surface area contributed by atoms with E-state index in [1.807, 2.05) is 0 Å². The van der Waals surface area contributed by atoms with Gasteiger partial charge in [0.25, 0.3) is 5.69 Å². The zero-order chi connectivity index (χ0) is 11.3. The largest absolute Gasteiger partial charge is 0.477 e. The highest BCUT2D eigenvalue weighted by atomic mass is 16.6. The van der Waals surface area contributed by atoms with Crippen LogP contribution in [-0.4, -0.2) is 16.5 Å². The third-order valence-electron chi connectivity index (χ3n) is 1.59. The van der Waals surface area contributed by atoms with E-state index < -0.39 is 4.92 Å². The van der Waals surface area contributed by atoms with E-state index in [4.69, 9.17) is 10.5 Å². The molecular weight excluding hydrogens is 198 g/mol. The second kappa shape index (κ2) is 4.94. The molecule has 0 spiro atoms. The van der Waals surface area contributed by atoms with Crippen molar-refractivity contribution in [1.29, 1.82) is 0 Å². The van der Waals surface area contributed by atoms with Crippen molar-refractivity contribution in [2.75, 3.05) is 12.3 Å². The van der Waals surface area contributed by atoms with Gasteiger partial charge >= 0.3 is 0 Å². The van der Waals surface area contributed by atoms with Gasteiger partial charge in [0.2, 0.25) is 5.88 Å². The van der Waals surface area contributed by atoms with Crippen molar-refractivity contribution in [2.45, 2.75) is 6.42 Å². The number of nitrogens with zero attached hydrogens (tertiary/aromatic N) is 2. The summed E-state index contributed by atoms with van der Waals surface area (Å²) in [7, 11) is 0. The van der Waals surface area contributed by atoms with Gasteiger partial charge in [-0.05, 0) is 6.42 Å². The minimum atomic E-state index is -0.543. The first-order valence-electron chi connectivity index (χ1n) is 4.29. The normalized spacial score (nSPS) is 9.60. The summed E-state index contributed by atoms with van der Waals surface area (Å²) in [6, 6.07) is 2.42. The first-order valence-corrected chi connectivity index (χ1v) is 4.29. The summed E-state index contributed by atoms with van der Waals surface area (Å²) in [6.07, 6.45) is 2.32. The smallest absolute Gasteiger partial charge is 0.278 e. The molecule has 0 unspecified atom stereocenters. The van der Waals surface area contributed by atoms with Gasteiger partial charge in [0, 0.05) is 0 Å². The van der Waals surface area contributed by atoms with Gasteiger partial charge in [0.15, 0.2) is 0 Å². The summed E-state index contributed by atoms with van der Waals surface area (Å²) in [4.78, 5) is 13.7. The number of ether oxygens (including phenoxy) is 1. The molecule has 0 atom stereocenters. The highest BCUT2D eigenvalue weighted by Crippen LogP contribution is 2.20. The maximum atomic E-state index is 10.5. The highest BCUT2D eigenvalue weighted by Gasteiger charge is 2.10. The number of rotatable bonds is 5. The van der Waals surface area contributed by atoms with E-state index in [2.05, 4.69) is 11.6 Å². The highest BCUT2D eigenvalue weighted by molar-refractivity contribution is 5.45. The Hall–Kier alpha value is -2.11. The lowest BCUT2D eigenvalue weighted by molar-refractivity contribution is -0.384. The van der Waals surface area contributed by atoms with Crippen molar-refractivity contribution >= 4 is 11.5 Å². The Labute approximate surface area is 86.5 Å². The van der Waals surface area contributed by atoms with Crippen LogP contribution in [0.2, 0.25) is 0 Å². The van der Waals surface area contributed by atoms with E-state index in [1.54, 1.807) is 6.08 Å². The van der Waals surface area contributed by atoms with Gasteiger partial charge in [-0.25, -0.2) is 0 Å². The Morgan fingerprint density at radius 3 is 3.00 bits per heavy atom. The quantitative estimate of drug-likeness (QED) is 0.343. The number of hydrogen-bond donors (Lipinski definition) is 1. The van der Waals surface area contributed by atoms with Crippen molar-refractivity contribution in [3.63, 3.8) is 0 Å². The Bertz CT molecular complexity index is 379. The SMILES string of the molecule is C=CCCOc1cc([N+](=O)[O-])cc(N)n1. The molecule has 0 saturated heterocycles. The van der Waals surface area contributed by atoms with Gasteiger partial charge < -0.3 is 10.5 Å². The number of nitrogen functional groups attached to an aromatic ring is 1. The first kappa shape index (κ1) is 11.0. The molecule has 80 valence electrons. The molecule has 0 amide bonds. The Morgan fingerprint density at radius 1 is 1.67 bits per heavy atom. The van der Waals surface area contributed by atoms with Crippen LogP contribution in [0.25, 0.3) is 0 Å². The maximum Gasteiger partial charge on any atom is 0.278 e. The monoisotopic (exact) mass is 209 g/mol. The average molecular weight is 209 g/mol. The topological polar surface area (TPSA) is 91.3 Å². The fourth-order valence-electron chi connectivity index (χ4n) is 0.938. The lowest BCUT2D eigenvalue weighted by atomic mass is 10.4. The number of anilines is 1. The van der Waals surface area contributed by atoms with Crippen LogP contribution in [0.5, 0.6) is 5.88 Å². The van der Waals surface area contributed by atoms with E-state index in [0.29, 0.717) is 13.0 Å². The lowest BCUT2D eigenvalue weighted by Crippen LogP contribution is -2.01. The van der Waals surface area contributed by atoms with E-state index in [-0.39, 0.29) is 17.4 Å². The van der Waals surface area contributed by atoms with Gasteiger partial charge in [-0.15, -0.1) is 6.58 Å². The zero-order valence-corrected chi connectivity index (χ0v) is 8.05. The fraction of sp³-hybridized carbons (Fsp3) is 0.222. The van der Waals surface area contributed by atoms with Crippen molar-refractivity contribution < 1.29 is 9.66 Å². The van der Waals surface area contributed by atoms with Crippen molar-refractivity contribution in [3.8, 4) is 5.88 Å². The molecule has 6 heteroatoms.